The normalized spacial score (nSPS) is 16.5. The highest BCUT2D eigenvalue weighted by atomic mass is 16.1. The van der Waals surface area contributed by atoms with Crippen LogP contribution in [0.25, 0.3) is 0 Å². The van der Waals surface area contributed by atoms with Gasteiger partial charge in [0.25, 0.3) is 5.91 Å². The second-order valence-corrected chi connectivity index (χ2v) is 4.99. The van der Waals surface area contributed by atoms with Crippen LogP contribution in [-0.2, 0) is 13.5 Å². The van der Waals surface area contributed by atoms with Crippen LogP contribution in [-0.4, -0.2) is 15.7 Å². The summed E-state index contributed by atoms with van der Waals surface area (Å²) in [5, 5.41) is 15.9. The van der Waals surface area contributed by atoms with Crippen molar-refractivity contribution in [3.05, 3.63) is 52.8 Å². The highest BCUT2D eigenvalue weighted by Crippen LogP contribution is 2.31. The van der Waals surface area contributed by atoms with Gasteiger partial charge in [0.05, 0.1) is 29.4 Å². The molecule has 1 heterocycles. The number of hydrogen-bond donors (Lipinski definition) is 1. The van der Waals surface area contributed by atoms with Gasteiger partial charge in [-0.05, 0) is 36.1 Å². The average molecular weight is 266 g/mol. The topological polar surface area (TPSA) is 70.7 Å². The number of nitrogens with zero attached hydrogens (tertiary/aromatic N) is 3. The van der Waals surface area contributed by atoms with Crippen molar-refractivity contribution >= 4 is 5.91 Å². The third-order valence-corrected chi connectivity index (χ3v) is 3.62. The summed E-state index contributed by atoms with van der Waals surface area (Å²) in [6.45, 7) is 0. The van der Waals surface area contributed by atoms with Crippen molar-refractivity contribution in [1.29, 1.82) is 5.26 Å². The van der Waals surface area contributed by atoms with Crippen LogP contribution in [0, 0.1) is 11.3 Å². The standard InChI is InChI=1S/C15H14N4O/c1-19-9-12(8-17-19)15(20)18-14-5-3-11-6-10(7-16)2-4-13(11)14/h2,4,6,8-9,14H,3,5H2,1H3,(H,18,20)/t14-/m1/s1. The lowest BCUT2D eigenvalue weighted by Gasteiger charge is -2.13. The van der Waals surface area contributed by atoms with Gasteiger partial charge < -0.3 is 5.32 Å². The van der Waals surface area contributed by atoms with Crippen LogP contribution >= 0.6 is 0 Å². The van der Waals surface area contributed by atoms with Gasteiger partial charge in [0, 0.05) is 13.2 Å². The fourth-order valence-corrected chi connectivity index (χ4v) is 2.62. The fourth-order valence-electron chi connectivity index (χ4n) is 2.62. The zero-order chi connectivity index (χ0) is 14.1. The molecule has 1 aromatic heterocycles. The van der Waals surface area contributed by atoms with Gasteiger partial charge in [0.15, 0.2) is 0 Å². The van der Waals surface area contributed by atoms with E-state index in [9.17, 15) is 4.79 Å². The first-order chi connectivity index (χ1) is 9.67. The van der Waals surface area contributed by atoms with E-state index in [0.29, 0.717) is 11.1 Å². The second-order valence-electron chi connectivity index (χ2n) is 4.99. The number of benzene rings is 1. The van der Waals surface area contributed by atoms with Gasteiger partial charge in [-0.2, -0.15) is 10.4 Å². The van der Waals surface area contributed by atoms with E-state index in [4.69, 9.17) is 5.26 Å². The highest BCUT2D eigenvalue weighted by Gasteiger charge is 2.24. The monoisotopic (exact) mass is 266 g/mol. The SMILES string of the molecule is Cn1cc(C(=O)N[C@@H]2CCc3cc(C#N)ccc32)cn1. The zero-order valence-corrected chi connectivity index (χ0v) is 11.1. The number of nitriles is 1. The van der Waals surface area contributed by atoms with Crippen LogP contribution in [0.1, 0.15) is 39.5 Å². The summed E-state index contributed by atoms with van der Waals surface area (Å²) >= 11 is 0. The van der Waals surface area contributed by atoms with E-state index >= 15 is 0 Å². The molecule has 0 spiro atoms. The van der Waals surface area contributed by atoms with Crippen LogP contribution in [0.3, 0.4) is 0 Å². The molecule has 100 valence electrons. The molecular weight excluding hydrogens is 252 g/mol. The number of hydrogen-bond acceptors (Lipinski definition) is 3. The Morgan fingerprint density at radius 1 is 1.55 bits per heavy atom. The molecule has 5 nitrogen and oxygen atoms in total. The van der Waals surface area contributed by atoms with Crippen molar-refractivity contribution < 1.29 is 4.79 Å². The van der Waals surface area contributed by atoms with Gasteiger partial charge in [-0.25, -0.2) is 0 Å². The van der Waals surface area contributed by atoms with Gasteiger partial charge in [-0.3, -0.25) is 9.48 Å². The molecule has 3 rings (SSSR count). The van der Waals surface area contributed by atoms with E-state index in [2.05, 4.69) is 16.5 Å². The molecule has 1 atom stereocenters. The van der Waals surface area contributed by atoms with E-state index in [1.165, 1.54) is 0 Å². The molecule has 1 aliphatic carbocycles. The molecule has 0 fully saturated rings. The lowest BCUT2D eigenvalue weighted by Crippen LogP contribution is -2.26. The third kappa shape index (κ3) is 2.16. The van der Waals surface area contributed by atoms with Crippen LogP contribution in [0.15, 0.2) is 30.6 Å². The first-order valence-corrected chi connectivity index (χ1v) is 6.50. The van der Waals surface area contributed by atoms with Crippen LogP contribution in [0.5, 0.6) is 0 Å². The number of aryl methyl sites for hydroxylation is 2. The molecule has 1 aromatic carbocycles. The Bertz CT molecular complexity index is 711. The van der Waals surface area contributed by atoms with Crippen molar-refractivity contribution in [1.82, 2.24) is 15.1 Å². The Hall–Kier alpha value is -2.61. The maximum atomic E-state index is 12.1. The minimum absolute atomic E-state index is 0.0189. The molecule has 0 saturated carbocycles. The summed E-state index contributed by atoms with van der Waals surface area (Å²) in [6, 6.07) is 7.81. The second kappa shape index (κ2) is 4.82. The van der Waals surface area contributed by atoms with Crippen LogP contribution in [0.4, 0.5) is 0 Å². The summed E-state index contributed by atoms with van der Waals surface area (Å²) in [5.41, 5.74) is 3.50. The zero-order valence-electron chi connectivity index (χ0n) is 11.1. The minimum atomic E-state index is -0.111. The molecular formula is C15H14N4O. The highest BCUT2D eigenvalue weighted by molar-refractivity contribution is 5.94. The number of carbonyl (C=O) groups is 1. The fraction of sp³-hybridized carbons (Fsp3) is 0.267. The number of amides is 1. The number of fused-ring (bicyclic) bond motifs is 1. The third-order valence-electron chi connectivity index (χ3n) is 3.62. The summed E-state index contributed by atoms with van der Waals surface area (Å²) in [7, 11) is 1.78. The molecule has 20 heavy (non-hydrogen) atoms. The van der Waals surface area contributed by atoms with Crippen LogP contribution in [0.2, 0.25) is 0 Å². The minimum Gasteiger partial charge on any atom is -0.345 e. The number of rotatable bonds is 2. The number of aromatic nitrogens is 2. The molecule has 1 amide bonds. The van der Waals surface area contributed by atoms with Gasteiger partial charge >= 0.3 is 0 Å². The Morgan fingerprint density at radius 2 is 2.40 bits per heavy atom. The summed E-state index contributed by atoms with van der Waals surface area (Å²) in [6.07, 6.45) is 5.02. The smallest absolute Gasteiger partial charge is 0.254 e. The number of carbonyl (C=O) groups excluding carboxylic acids is 1. The van der Waals surface area contributed by atoms with Gasteiger partial charge in [-0.15, -0.1) is 0 Å². The van der Waals surface area contributed by atoms with Gasteiger partial charge in [0.2, 0.25) is 0 Å². The number of nitrogens with one attached hydrogen (secondary N) is 1. The Morgan fingerprint density at radius 3 is 3.10 bits per heavy atom. The Labute approximate surface area is 116 Å². The summed E-state index contributed by atoms with van der Waals surface area (Å²) < 4.78 is 1.61. The van der Waals surface area contributed by atoms with Crippen molar-refractivity contribution in [3.8, 4) is 6.07 Å². The van der Waals surface area contributed by atoms with Crippen molar-refractivity contribution in [2.45, 2.75) is 18.9 Å². The quantitative estimate of drug-likeness (QED) is 0.899. The van der Waals surface area contributed by atoms with E-state index in [-0.39, 0.29) is 11.9 Å². The van der Waals surface area contributed by atoms with E-state index < -0.39 is 0 Å². The maximum Gasteiger partial charge on any atom is 0.254 e. The summed E-state index contributed by atoms with van der Waals surface area (Å²) in [4.78, 5) is 12.1. The average Bonchev–Trinajstić information content (AvgIpc) is 3.05. The molecule has 1 aliphatic rings. The molecule has 0 unspecified atom stereocenters. The predicted molar refractivity (Wildman–Crippen MR) is 72.9 cm³/mol. The molecule has 0 bridgehead atoms. The Balaban J connectivity index is 1.79. The van der Waals surface area contributed by atoms with Gasteiger partial charge in [0.1, 0.15) is 0 Å². The molecule has 0 radical (unpaired) electrons. The molecule has 0 saturated heterocycles. The molecule has 5 heteroatoms. The maximum absolute atomic E-state index is 12.1. The van der Waals surface area contributed by atoms with Crippen molar-refractivity contribution in [3.63, 3.8) is 0 Å². The summed E-state index contributed by atoms with van der Waals surface area (Å²) in [5.74, 6) is -0.111. The van der Waals surface area contributed by atoms with E-state index in [1.54, 1.807) is 30.2 Å². The molecule has 1 N–H and O–H groups in total. The Kier molecular flexibility index (Phi) is 2.99. The largest absolute Gasteiger partial charge is 0.345 e. The molecule has 2 aromatic rings. The molecule has 0 aliphatic heterocycles. The van der Waals surface area contributed by atoms with Crippen LogP contribution < -0.4 is 5.32 Å². The predicted octanol–water partition coefficient (Wildman–Crippen LogP) is 1.71. The van der Waals surface area contributed by atoms with Crippen molar-refractivity contribution in [2.24, 2.45) is 7.05 Å². The van der Waals surface area contributed by atoms with Gasteiger partial charge in [-0.1, -0.05) is 6.07 Å². The first-order valence-electron chi connectivity index (χ1n) is 6.50. The lowest BCUT2D eigenvalue weighted by atomic mass is 10.1. The first kappa shape index (κ1) is 12.4. The van der Waals surface area contributed by atoms with E-state index in [1.807, 2.05) is 12.1 Å². The lowest BCUT2D eigenvalue weighted by molar-refractivity contribution is 0.0936. The van der Waals surface area contributed by atoms with E-state index in [0.717, 1.165) is 24.0 Å². The van der Waals surface area contributed by atoms with Crippen molar-refractivity contribution in [2.75, 3.05) is 0 Å².